The van der Waals surface area contributed by atoms with E-state index in [0.29, 0.717) is 25.3 Å². The minimum Gasteiger partial charge on any atom is -0.444 e. The molecule has 2 atom stereocenters. The number of ether oxygens (including phenoxy) is 2. The number of likely N-dealkylation sites (tertiary alicyclic amines) is 1. The van der Waals surface area contributed by atoms with E-state index in [2.05, 4.69) is 10.0 Å². The second kappa shape index (κ2) is 11.7. The summed E-state index contributed by atoms with van der Waals surface area (Å²) in [6.45, 7) is 13.8. The standard InChI is InChI=1S/C28H38N6O4/c1-19-13-22(15-21-17-33(18-23(21)31-32-29)25(35)37-27(2,3)4)30-24(14-19)34(26(36)38-28(5,6)7)16-20-11-9-8-10-12-20/h8-14,21,23H,15-18H2,1-7H3/t21-,23+/m0/s1. The first-order valence-corrected chi connectivity index (χ1v) is 12.8. The molecule has 10 nitrogen and oxygen atoms in total. The highest BCUT2D eigenvalue weighted by Crippen LogP contribution is 2.28. The molecule has 0 radical (unpaired) electrons. The third kappa shape index (κ3) is 8.38. The minimum atomic E-state index is -0.670. The summed E-state index contributed by atoms with van der Waals surface area (Å²) in [5.41, 5.74) is 10.4. The fraction of sp³-hybridized carbons (Fsp3) is 0.536. The number of aromatic nitrogens is 1. The zero-order chi connectivity index (χ0) is 28.1. The molecule has 204 valence electrons. The van der Waals surface area contributed by atoms with Crippen LogP contribution in [0, 0.1) is 12.8 Å². The van der Waals surface area contributed by atoms with Gasteiger partial charge in [0.2, 0.25) is 0 Å². The largest absolute Gasteiger partial charge is 0.444 e. The van der Waals surface area contributed by atoms with E-state index in [1.165, 1.54) is 4.90 Å². The van der Waals surface area contributed by atoms with Crippen molar-refractivity contribution < 1.29 is 19.1 Å². The van der Waals surface area contributed by atoms with Gasteiger partial charge in [0.1, 0.15) is 17.0 Å². The van der Waals surface area contributed by atoms with Gasteiger partial charge >= 0.3 is 12.2 Å². The fourth-order valence-electron chi connectivity index (χ4n) is 4.28. The number of carbonyl (C=O) groups is 2. The molecule has 3 rings (SSSR count). The lowest BCUT2D eigenvalue weighted by Gasteiger charge is -2.27. The number of nitrogens with zero attached hydrogens (tertiary/aromatic N) is 6. The molecule has 1 saturated heterocycles. The van der Waals surface area contributed by atoms with E-state index in [1.54, 1.807) is 4.90 Å². The molecular weight excluding hydrogens is 484 g/mol. The van der Waals surface area contributed by atoms with Gasteiger partial charge < -0.3 is 14.4 Å². The van der Waals surface area contributed by atoms with Crippen molar-refractivity contribution in [3.63, 3.8) is 0 Å². The predicted molar refractivity (Wildman–Crippen MR) is 146 cm³/mol. The number of pyridine rings is 1. The second-order valence-electron chi connectivity index (χ2n) is 11.7. The first-order valence-electron chi connectivity index (χ1n) is 12.8. The maximum Gasteiger partial charge on any atom is 0.416 e. The summed E-state index contributed by atoms with van der Waals surface area (Å²) in [5, 5.41) is 3.95. The molecule has 38 heavy (non-hydrogen) atoms. The first-order chi connectivity index (χ1) is 17.7. The zero-order valence-corrected chi connectivity index (χ0v) is 23.3. The molecule has 0 bridgehead atoms. The third-order valence-corrected chi connectivity index (χ3v) is 5.81. The minimum absolute atomic E-state index is 0.148. The molecular formula is C28H38N6O4. The molecule has 2 heterocycles. The smallest absolute Gasteiger partial charge is 0.416 e. The maximum atomic E-state index is 13.3. The molecule has 10 heteroatoms. The number of hydrogen-bond donors (Lipinski definition) is 0. The Morgan fingerprint density at radius 3 is 2.34 bits per heavy atom. The van der Waals surface area contributed by atoms with Crippen molar-refractivity contribution in [2.24, 2.45) is 11.0 Å². The number of hydrogen-bond acceptors (Lipinski definition) is 6. The average Bonchev–Trinajstić information content (AvgIpc) is 3.18. The molecule has 0 unspecified atom stereocenters. The molecule has 1 fully saturated rings. The van der Waals surface area contributed by atoms with Crippen LogP contribution in [0.4, 0.5) is 15.4 Å². The van der Waals surface area contributed by atoms with Crippen LogP contribution in [0.3, 0.4) is 0 Å². The van der Waals surface area contributed by atoms with Gasteiger partial charge in [-0.05, 0) is 89.6 Å². The van der Waals surface area contributed by atoms with Crippen LogP contribution in [0.25, 0.3) is 10.4 Å². The molecule has 1 aliphatic heterocycles. The predicted octanol–water partition coefficient (Wildman–Crippen LogP) is 6.42. The molecule has 1 aliphatic rings. The molecule has 0 spiro atoms. The van der Waals surface area contributed by atoms with Crippen molar-refractivity contribution in [2.45, 2.75) is 78.7 Å². The molecule has 0 aliphatic carbocycles. The first kappa shape index (κ1) is 28.8. The van der Waals surface area contributed by atoms with Gasteiger partial charge in [0, 0.05) is 23.7 Å². The Bertz CT molecular complexity index is 1180. The van der Waals surface area contributed by atoms with Crippen molar-refractivity contribution in [3.05, 3.63) is 69.7 Å². The summed E-state index contributed by atoms with van der Waals surface area (Å²) in [6.07, 6.45) is -0.463. The van der Waals surface area contributed by atoms with E-state index in [0.717, 1.165) is 16.8 Å². The Morgan fingerprint density at radius 2 is 1.74 bits per heavy atom. The topological polar surface area (TPSA) is 121 Å². The monoisotopic (exact) mass is 522 g/mol. The van der Waals surface area contributed by atoms with E-state index in [-0.39, 0.29) is 12.5 Å². The summed E-state index contributed by atoms with van der Waals surface area (Å²) in [6, 6.07) is 13.0. The van der Waals surface area contributed by atoms with E-state index in [1.807, 2.05) is 90.9 Å². The van der Waals surface area contributed by atoms with Crippen LogP contribution >= 0.6 is 0 Å². The Morgan fingerprint density at radius 1 is 1.08 bits per heavy atom. The molecule has 2 amide bonds. The van der Waals surface area contributed by atoms with Gasteiger partial charge in [-0.15, -0.1) is 0 Å². The number of benzene rings is 1. The van der Waals surface area contributed by atoms with Gasteiger partial charge in [-0.1, -0.05) is 35.4 Å². The number of carbonyl (C=O) groups excluding carboxylic acids is 2. The number of amides is 2. The molecule has 2 aromatic rings. The molecule has 0 N–H and O–H groups in total. The summed E-state index contributed by atoms with van der Waals surface area (Å²) in [5.74, 6) is 0.324. The van der Waals surface area contributed by atoms with Crippen LogP contribution in [0.2, 0.25) is 0 Å². The van der Waals surface area contributed by atoms with Gasteiger partial charge in [-0.25, -0.2) is 14.6 Å². The van der Waals surface area contributed by atoms with Crippen LogP contribution in [0.1, 0.15) is 58.4 Å². The second-order valence-corrected chi connectivity index (χ2v) is 11.7. The quantitative estimate of drug-likeness (QED) is 0.246. The van der Waals surface area contributed by atoms with Crippen molar-refractivity contribution in [1.29, 1.82) is 0 Å². The summed E-state index contributed by atoms with van der Waals surface area (Å²) in [4.78, 5) is 36.8. The van der Waals surface area contributed by atoms with Gasteiger partial charge in [0.15, 0.2) is 0 Å². The van der Waals surface area contributed by atoms with Crippen LogP contribution in [-0.2, 0) is 22.4 Å². The highest BCUT2D eigenvalue weighted by Gasteiger charge is 2.37. The van der Waals surface area contributed by atoms with Crippen LogP contribution in [-0.4, -0.2) is 52.4 Å². The Hall–Kier alpha value is -3.78. The summed E-state index contributed by atoms with van der Waals surface area (Å²) in [7, 11) is 0. The van der Waals surface area contributed by atoms with E-state index in [4.69, 9.17) is 20.0 Å². The SMILES string of the molecule is Cc1cc(C[C@H]2CN(C(=O)OC(C)(C)C)C[C@H]2N=[N+]=[N-])nc(N(Cc2ccccc2)C(=O)OC(C)(C)C)c1. The summed E-state index contributed by atoms with van der Waals surface area (Å²) < 4.78 is 11.2. The van der Waals surface area contributed by atoms with E-state index < -0.39 is 29.4 Å². The van der Waals surface area contributed by atoms with E-state index in [9.17, 15) is 9.59 Å². The Kier molecular flexibility index (Phi) is 8.89. The van der Waals surface area contributed by atoms with Crippen molar-refractivity contribution in [2.75, 3.05) is 18.0 Å². The van der Waals surface area contributed by atoms with Crippen molar-refractivity contribution >= 4 is 18.0 Å². The van der Waals surface area contributed by atoms with Gasteiger partial charge in [0.05, 0.1) is 12.6 Å². The van der Waals surface area contributed by atoms with Crippen LogP contribution < -0.4 is 4.90 Å². The van der Waals surface area contributed by atoms with Crippen molar-refractivity contribution in [3.8, 4) is 0 Å². The lowest BCUT2D eigenvalue weighted by atomic mass is 9.97. The Balaban J connectivity index is 1.88. The third-order valence-electron chi connectivity index (χ3n) is 5.81. The lowest BCUT2D eigenvalue weighted by molar-refractivity contribution is 0.0286. The maximum absolute atomic E-state index is 13.3. The number of rotatable bonds is 6. The molecule has 0 saturated carbocycles. The van der Waals surface area contributed by atoms with Crippen LogP contribution in [0.5, 0.6) is 0 Å². The van der Waals surface area contributed by atoms with Gasteiger partial charge in [0.25, 0.3) is 0 Å². The van der Waals surface area contributed by atoms with Crippen LogP contribution in [0.15, 0.2) is 47.6 Å². The molecule has 1 aromatic heterocycles. The highest BCUT2D eigenvalue weighted by molar-refractivity contribution is 5.86. The highest BCUT2D eigenvalue weighted by atomic mass is 16.6. The molecule has 1 aromatic carbocycles. The average molecular weight is 523 g/mol. The number of azide groups is 1. The lowest BCUT2D eigenvalue weighted by Crippen LogP contribution is -2.37. The zero-order valence-electron chi connectivity index (χ0n) is 23.3. The van der Waals surface area contributed by atoms with Gasteiger partial charge in [-0.2, -0.15) is 0 Å². The number of aryl methyl sites for hydroxylation is 1. The number of anilines is 1. The Labute approximate surface area is 224 Å². The fourth-order valence-corrected chi connectivity index (χ4v) is 4.28. The summed E-state index contributed by atoms with van der Waals surface area (Å²) >= 11 is 0. The van der Waals surface area contributed by atoms with Crippen molar-refractivity contribution in [1.82, 2.24) is 9.88 Å². The normalized spacial score (nSPS) is 17.5. The van der Waals surface area contributed by atoms with Gasteiger partial charge in [-0.3, -0.25) is 4.90 Å². The van der Waals surface area contributed by atoms with E-state index >= 15 is 0 Å².